The third-order valence-corrected chi connectivity index (χ3v) is 9.07. The highest BCUT2D eigenvalue weighted by Crippen LogP contribution is 2.35. The SMILES string of the molecule is Cc1ccc(S(=O)(=O)Nc2ccc3c(c2)C(=O)N([C@@H](C)CO)C[C@@H](C)[C@@H](CN(C)C(=O)Nc2ccc4c(c2)OCO4)O3)cc1. The monoisotopic (exact) mass is 624 g/mol. The van der Waals surface area contributed by atoms with E-state index in [1.807, 2.05) is 13.8 Å². The summed E-state index contributed by atoms with van der Waals surface area (Å²) in [4.78, 5) is 30.0. The highest BCUT2D eigenvalue weighted by molar-refractivity contribution is 7.92. The summed E-state index contributed by atoms with van der Waals surface area (Å²) in [6, 6.07) is 15.2. The average Bonchev–Trinajstić information content (AvgIpc) is 3.47. The van der Waals surface area contributed by atoms with Crippen molar-refractivity contribution in [2.45, 2.75) is 37.8 Å². The van der Waals surface area contributed by atoms with Gasteiger partial charge in [0.05, 0.1) is 29.7 Å². The zero-order valence-electron chi connectivity index (χ0n) is 24.9. The Bertz CT molecular complexity index is 1650. The number of aryl methyl sites for hydroxylation is 1. The van der Waals surface area contributed by atoms with Gasteiger partial charge in [-0.1, -0.05) is 24.6 Å². The number of urea groups is 1. The predicted molar refractivity (Wildman–Crippen MR) is 164 cm³/mol. The quantitative estimate of drug-likeness (QED) is 0.342. The summed E-state index contributed by atoms with van der Waals surface area (Å²) in [6.07, 6.45) is -0.544. The van der Waals surface area contributed by atoms with Crippen LogP contribution in [0.15, 0.2) is 65.6 Å². The highest BCUT2D eigenvalue weighted by Gasteiger charge is 2.34. The summed E-state index contributed by atoms with van der Waals surface area (Å²) < 4.78 is 45.7. The Hall–Kier alpha value is -4.49. The fourth-order valence-corrected chi connectivity index (χ4v) is 6.03. The first kappa shape index (κ1) is 31.0. The number of nitrogens with zero attached hydrogens (tertiary/aromatic N) is 2. The maximum Gasteiger partial charge on any atom is 0.321 e. The molecule has 2 heterocycles. The molecule has 2 aliphatic rings. The van der Waals surface area contributed by atoms with Gasteiger partial charge in [-0.15, -0.1) is 0 Å². The molecule has 12 nitrogen and oxygen atoms in total. The minimum Gasteiger partial charge on any atom is -0.487 e. The molecule has 0 saturated heterocycles. The molecule has 3 amide bonds. The maximum atomic E-state index is 13.7. The van der Waals surface area contributed by atoms with Gasteiger partial charge in [0.15, 0.2) is 11.5 Å². The maximum absolute atomic E-state index is 13.7. The van der Waals surface area contributed by atoms with Crippen LogP contribution in [0.25, 0.3) is 0 Å². The van der Waals surface area contributed by atoms with E-state index < -0.39 is 28.1 Å². The second-order valence-electron chi connectivity index (χ2n) is 11.1. The Morgan fingerprint density at radius 2 is 1.73 bits per heavy atom. The van der Waals surface area contributed by atoms with Crippen molar-refractivity contribution in [1.82, 2.24) is 9.80 Å². The molecule has 0 fully saturated rings. The third-order valence-electron chi connectivity index (χ3n) is 7.67. The van der Waals surface area contributed by atoms with Crippen LogP contribution in [0.1, 0.15) is 29.8 Å². The van der Waals surface area contributed by atoms with Crippen LogP contribution in [0.2, 0.25) is 0 Å². The van der Waals surface area contributed by atoms with E-state index in [1.54, 1.807) is 55.3 Å². The Labute approximate surface area is 256 Å². The van der Waals surface area contributed by atoms with Crippen molar-refractivity contribution < 1.29 is 37.3 Å². The highest BCUT2D eigenvalue weighted by atomic mass is 32.2. The van der Waals surface area contributed by atoms with E-state index in [4.69, 9.17) is 14.2 Å². The number of carbonyl (C=O) groups is 2. The van der Waals surface area contributed by atoms with Crippen LogP contribution in [0.5, 0.6) is 17.2 Å². The zero-order chi connectivity index (χ0) is 31.6. The molecule has 3 aromatic rings. The Balaban J connectivity index is 1.38. The minimum absolute atomic E-state index is 0.0869. The molecule has 0 aliphatic carbocycles. The van der Waals surface area contributed by atoms with Gasteiger partial charge in [-0.2, -0.15) is 0 Å². The van der Waals surface area contributed by atoms with E-state index in [0.29, 0.717) is 17.2 Å². The molecule has 5 rings (SSSR count). The molecule has 0 bridgehead atoms. The van der Waals surface area contributed by atoms with Crippen molar-refractivity contribution >= 4 is 33.3 Å². The molecule has 234 valence electrons. The molecule has 3 aromatic carbocycles. The lowest BCUT2D eigenvalue weighted by molar-refractivity contribution is 0.0371. The number of hydrogen-bond acceptors (Lipinski definition) is 8. The molecule has 2 aliphatic heterocycles. The van der Waals surface area contributed by atoms with Gasteiger partial charge in [0.2, 0.25) is 6.79 Å². The Morgan fingerprint density at radius 1 is 1.05 bits per heavy atom. The standard InChI is InChI=1S/C31H36N4O8S/c1-19-5-9-24(10-6-19)44(39,40)33-23-8-11-26-25(13-23)30(37)35(21(3)17-36)15-20(2)29(43-26)16-34(4)31(38)32-22-7-12-27-28(14-22)42-18-41-27/h5-14,20-21,29,33,36H,15-18H2,1-4H3,(H,32,38)/t20-,21+,29-/m1/s1. The van der Waals surface area contributed by atoms with Gasteiger partial charge in [-0.25, -0.2) is 13.2 Å². The normalized spacial score (nSPS) is 18.4. The van der Waals surface area contributed by atoms with Crippen LogP contribution in [0, 0.1) is 12.8 Å². The number of ether oxygens (including phenoxy) is 3. The number of nitrogens with one attached hydrogen (secondary N) is 2. The summed E-state index contributed by atoms with van der Waals surface area (Å²) in [5.41, 5.74) is 1.78. The zero-order valence-corrected chi connectivity index (χ0v) is 25.8. The molecular weight excluding hydrogens is 588 g/mol. The minimum atomic E-state index is -3.92. The number of amides is 3. The molecule has 0 aromatic heterocycles. The molecule has 0 saturated carbocycles. The van der Waals surface area contributed by atoms with Crippen molar-refractivity contribution in [1.29, 1.82) is 0 Å². The first-order valence-corrected chi connectivity index (χ1v) is 15.7. The summed E-state index contributed by atoms with van der Waals surface area (Å²) in [7, 11) is -2.28. The molecule has 0 unspecified atom stereocenters. The Kier molecular flexibility index (Phi) is 8.88. The van der Waals surface area contributed by atoms with Gasteiger partial charge in [0.25, 0.3) is 15.9 Å². The summed E-state index contributed by atoms with van der Waals surface area (Å²) >= 11 is 0. The molecule has 13 heteroatoms. The summed E-state index contributed by atoms with van der Waals surface area (Å²) in [6.45, 7) is 5.78. The number of likely N-dealkylation sites (N-methyl/N-ethyl adjacent to an activating group) is 1. The molecule has 3 N–H and O–H groups in total. The van der Waals surface area contributed by atoms with Crippen LogP contribution >= 0.6 is 0 Å². The fraction of sp³-hybridized carbons (Fsp3) is 0.355. The van der Waals surface area contributed by atoms with Crippen LogP contribution in [0.4, 0.5) is 16.2 Å². The molecule has 0 radical (unpaired) electrons. The molecule has 0 spiro atoms. The number of carbonyl (C=O) groups excluding carboxylic acids is 2. The fourth-order valence-electron chi connectivity index (χ4n) is 4.98. The summed E-state index contributed by atoms with van der Waals surface area (Å²) in [5, 5.41) is 12.8. The van der Waals surface area contributed by atoms with Crippen LogP contribution in [-0.2, 0) is 10.0 Å². The smallest absolute Gasteiger partial charge is 0.321 e. The summed E-state index contributed by atoms with van der Waals surface area (Å²) in [5.74, 6) is 0.750. The second kappa shape index (κ2) is 12.6. The van der Waals surface area contributed by atoms with Crippen molar-refractivity contribution in [2.24, 2.45) is 5.92 Å². The largest absolute Gasteiger partial charge is 0.487 e. The van der Waals surface area contributed by atoms with Crippen LogP contribution < -0.4 is 24.2 Å². The number of hydrogen-bond donors (Lipinski definition) is 3. The van der Waals surface area contributed by atoms with Gasteiger partial charge < -0.3 is 34.4 Å². The predicted octanol–water partition coefficient (Wildman–Crippen LogP) is 3.91. The molecule has 3 atom stereocenters. The first-order chi connectivity index (χ1) is 20.9. The van der Waals surface area contributed by atoms with E-state index in [2.05, 4.69) is 10.0 Å². The number of fused-ring (bicyclic) bond motifs is 2. The van der Waals surface area contributed by atoms with Crippen molar-refractivity contribution in [3.8, 4) is 17.2 Å². The first-order valence-electron chi connectivity index (χ1n) is 14.2. The Morgan fingerprint density at radius 3 is 2.45 bits per heavy atom. The van der Waals surface area contributed by atoms with Gasteiger partial charge in [0.1, 0.15) is 11.9 Å². The third kappa shape index (κ3) is 6.68. The van der Waals surface area contributed by atoms with Gasteiger partial charge >= 0.3 is 6.03 Å². The number of anilines is 2. The number of aliphatic hydroxyl groups is 1. The van der Waals surface area contributed by atoms with Crippen LogP contribution in [-0.4, -0.2) is 80.9 Å². The van der Waals surface area contributed by atoms with Gasteiger partial charge in [-0.3, -0.25) is 9.52 Å². The topological polar surface area (TPSA) is 147 Å². The average molecular weight is 625 g/mol. The number of sulfonamides is 1. The molecular formula is C31H36N4O8S. The van der Waals surface area contributed by atoms with Crippen molar-refractivity contribution in [3.63, 3.8) is 0 Å². The van der Waals surface area contributed by atoms with E-state index in [1.165, 1.54) is 29.2 Å². The van der Waals surface area contributed by atoms with Gasteiger partial charge in [0, 0.05) is 37.0 Å². The van der Waals surface area contributed by atoms with E-state index in [9.17, 15) is 23.1 Å². The van der Waals surface area contributed by atoms with Crippen LogP contribution in [0.3, 0.4) is 0 Å². The van der Waals surface area contributed by atoms with E-state index in [-0.39, 0.29) is 60.3 Å². The lowest BCUT2D eigenvalue weighted by Crippen LogP contribution is -2.50. The van der Waals surface area contributed by atoms with E-state index in [0.717, 1.165) is 5.56 Å². The van der Waals surface area contributed by atoms with Gasteiger partial charge in [-0.05, 0) is 56.3 Å². The van der Waals surface area contributed by atoms with Crippen molar-refractivity contribution in [3.05, 3.63) is 71.8 Å². The second-order valence-corrected chi connectivity index (χ2v) is 12.8. The molecule has 44 heavy (non-hydrogen) atoms. The number of rotatable bonds is 8. The number of benzene rings is 3. The number of aliphatic hydroxyl groups excluding tert-OH is 1. The van der Waals surface area contributed by atoms with Crippen molar-refractivity contribution in [2.75, 3.05) is 43.6 Å². The van der Waals surface area contributed by atoms with E-state index >= 15 is 0 Å². The lowest BCUT2D eigenvalue weighted by atomic mass is 9.99. The lowest BCUT2D eigenvalue weighted by Gasteiger charge is -2.38.